The molecule has 0 amide bonds. The van der Waals surface area contributed by atoms with E-state index in [0.29, 0.717) is 43.1 Å². The van der Waals surface area contributed by atoms with Gasteiger partial charge in [0, 0.05) is 57.3 Å². The molecular formula is C26H34FN5O3. The van der Waals surface area contributed by atoms with Crippen LogP contribution in [0.15, 0.2) is 40.9 Å². The Hall–Kier alpha value is -2.75. The van der Waals surface area contributed by atoms with E-state index in [0.717, 1.165) is 62.5 Å². The molecule has 2 atom stereocenters. The fourth-order valence-corrected chi connectivity index (χ4v) is 5.26. The summed E-state index contributed by atoms with van der Waals surface area (Å²) in [6.07, 6.45) is 2.19. The van der Waals surface area contributed by atoms with Gasteiger partial charge in [-0.15, -0.1) is 0 Å². The first-order valence-electron chi connectivity index (χ1n) is 12.6. The fraction of sp³-hybridized carbons (Fsp3) is 0.538. The quantitative estimate of drug-likeness (QED) is 0.497. The molecule has 0 unspecified atom stereocenters. The van der Waals surface area contributed by atoms with Gasteiger partial charge in [-0.05, 0) is 43.7 Å². The van der Waals surface area contributed by atoms with E-state index in [9.17, 15) is 9.50 Å². The number of halogens is 1. The highest BCUT2D eigenvalue weighted by Gasteiger charge is 2.34. The number of aliphatic hydroxyl groups excluding tert-OH is 1. The number of piperazine rings is 1. The SMILES string of the molecule is CCN(CCO)Cc1cccc(OC[C@@H]2CC[C@H]3CN(c4noc5ccc(F)cc45)CCN3C2)n1. The number of hydrogen-bond acceptors (Lipinski definition) is 8. The summed E-state index contributed by atoms with van der Waals surface area (Å²) in [6, 6.07) is 10.9. The Balaban J connectivity index is 1.14. The molecule has 2 aliphatic heterocycles. The predicted molar refractivity (Wildman–Crippen MR) is 132 cm³/mol. The molecule has 8 nitrogen and oxygen atoms in total. The monoisotopic (exact) mass is 483 g/mol. The van der Waals surface area contributed by atoms with Gasteiger partial charge in [-0.2, -0.15) is 0 Å². The van der Waals surface area contributed by atoms with E-state index in [4.69, 9.17) is 9.26 Å². The minimum absolute atomic E-state index is 0.148. The first-order valence-corrected chi connectivity index (χ1v) is 12.6. The maximum Gasteiger partial charge on any atom is 0.213 e. The molecule has 0 radical (unpaired) electrons. The van der Waals surface area contributed by atoms with Gasteiger partial charge >= 0.3 is 0 Å². The Kier molecular flexibility index (Phi) is 7.46. The Morgan fingerprint density at radius 2 is 2.11 bits per heavy atom. The summed E-state index contributed by atoms with van der Waals surface area (Å²) in [5.41, 5.74) is 1.58. The zero-order chi connectivity index (χ0) is 24.2. The predicted octanol–water partition coefficient (Wildman–Crippen LogP) is 3.16. The molecule has 2 fully saturated rings. The average molecular weight is 484 g/mol. The molecule has 9 heteroatoms. The van der Waals surface area contributed by atoms with Crippen LogP contribution in [0.1, 0.15) is 25.5 Å². The molecule has 0 saturated carbocycles. The number of rotatable bonds is 9. The Labute approximate surface area is 205 Å². The summed E-state index contributed by atoms with van der Waals surface area (Å²) in [6.45, 7) is 8.76. The maximum absolute atomic E-state index is 13.8. The highest BCUT2D eigenvalue weighted by Crippen LogP contribution is 2.31. The van der Waals surface area contributed by atoms with Crippen LogP contribution in [0, 0.1) is 11.7 Å². The lowest BCUT2D eigenvalue weighted by atomic mass is 9.91. The highest BCUT2D eigenvalue weighted by atomic mass is 19.1. The van der Waals surface area contributed by atoms with Crippen LogP contribution < -0.4 is 9.64 Å². The van der Waals surface area contributed by atoms with Crippen molar-refractivity contribution in [3.8, 4) is 5.88 Å². The van der Waals surface area contributed by atoms with Crippen LogP contribution in [0.25, 0.3) is 11.0 Å². The van der Waals surface area contributed by atoms with Gasteiger partial charge in [-0.1, -0.05) is 18.1 Å². The Morgan fingerprint density at radius 3 is 2.97 bits per heavy atom. The average Bonchev–Trinajstić information content (AvgIpc) is 3.30. The summed E-state index contributed by atoms with van der Waals surface area (Å²) in [7, 11) is 0. The van der Waals surface area contributed by atoms with Gasteiger partial charge in [0.15, 0.2) is 11.4 Å². The van der Waals surface area contributed by atoms with Crippen LogP contribution in [0.4, 0.5) is 10.2 Å². The molecule has 0 aliphatic carbocycles. The van der Waals surface area contributed by atoms with Gasteiger partial charge in [0.05, 0.1) is 24.3 Å². The zero-order valence-electron chi connectivity index (χ0n) is 20.3. The number of aromatic nitrogens is 2. The second-order valence-corrected chi connectivity index (χ2v) is 9.56. The highest BCUT2D eigenvalue weighted by molar-refractivity contribution is 5.88. The van der Waals surface area contributed by atoms with Gasteiger partial charge in [-0.3, -0.25) is 9.80 Å². The molecule has 0 spiro atoms. The van der Waals surface area contributed by atoms with Crippen LogP contribution in [0.3, 0.4) is 0 Å². The van der Waals surface area contributed by atoms with E-state index in [-0.39, 0.29) is 12.4 Å². The number of aliphatic hydroxyl groups is 1. The van der Waals surface area contributed by atoms with Crippen molar-refractivity contribution in [3.05, 3.63) is 47.9 Å². The van der Waals surface area contributed by atoms with Crippen molar-refractivity contribution in [2.75, 3.05) is 57.4 Å². The van der Waals surface area contributed by atoms with Crippen molar-refractivity contribution in [2.45, 2.75) is 32.4 Å². The van der Waals surface area contributed by atoms with Gasteiger partial charge in [-0.25, -0.2) is 9.37 Å². The topological polar surface area (TPSA) is 78.1 Å². The number of likely N-dealkylation sites (N-methyl/N-ethyl adjacent to an activating group) is 1. The summed E-state index contributed by atoms with van der Waals surface area (Å²) in [4.78, 5) is 11.6. The summed E-state index contributed by atoms with van der Waals surface area (Å²) < 4.78 is 25.3. The standard InChI is InChI=1S/C26H34FN5O3/c1-2-30(12-13-33)16-21-4-3-5-25(28-21)34-18-19-6-8-22-17-32(11-10-31(22)15-19)26-23-14-20(27)7-9-24(23)35-29-26/h3-5,7,9,14,19,22,33H,2,6,8,10-13,15-18H2,1H3/t19-,22+/m1/s1. The van der Waals surface area contributed by atoms with Crippen molar-refractivity contribution in [1.29, 1.82) is 0 Å². The third kappa shape index (κ3) is 5.58. The number of hydrogen-bond donors (Lipinski definition) is 1. The molecule has 35 heavy (non-hydrogen) atoms. The lowest BCUT2D eigenvalue weighted by molar-refractivity contribution is 0.0716. The Bertz CT molecular complexity index is 1130. The second kappa shape index (κ2) is 10.9. The molecule has 1 aromatic carbocycles. The number of benzene rings is 1. The number of ether oxygens (including phenoxy) is 1. The molecule has 0 bridgehead atoms. The molecule has 2 aromatic heterocycles. The third-order valence-electron chi connectivity index (χ3n) is 7.22. The van der Waals surface area contributed by atoms with Crippen LogP contribution in [-0.2, 0) is 6.54 Å². The van der Waals surface area contributed by atoms with Gasteiger partial charge in [0.1, 0.15) is 5.82 Å². The number of fused-ring (bicyclic) bond motifs is 2. The molecule has 188 valence electrons. The molecule has 2 aliphatic rings. The molecule has 2 saturated heterocycles. The normalized spacial score (nSPS) is 21.0. The lowest BCUT2D eigenvalue weighted by Gasteiger charge is -2.46. The van der Waals surface area contributed by atoms with Gasteiger partial charge in [0.2, 0.25) is 5.88 Å². The van der Waals surface area contributed by atoms with Crippen molar-refractivity contribution in [2.24, 2.45) is 5.92 Å². The lowest BCUT2D eigenvalue weighted by Crippen LogP contribution is -2.57. The largest absolute Gasteiger partial charge is 0.477 e. The van der Waals surface area contributed by atoms with Crippen LogP contribution in [0.2, 0.25) is 0 Å². The fourth-order valence-electron chi connectivity index (χ4n) is 5.26. The van der Waals surface area contributed by atoms with E-state index in [1.54, 1.807) is 6.07 Å². The van der Waals surface area contributed by atoms with Gasteiger partial charge in [0.25, 0.3) is 0 Å². The van der Waals surface area contributed by atoms with Crippen LogP contribution >= 0.6 is 0 Å². The number of pyridine rings is 1. The molecule has 1 N–H and O–H groups in total. The smallest absolute Gasteiger partial charge is 0.213 e. The zero-order valence-corrected chi connectivity index (χ0v) is 20.3. The first kappa shape index (κ1) is 24.0. The van der Waals surface area contributed by atoms with Crippen LogP contribution in [-0.4, -0.2) is 83.6 Å². The molecule has 4 heterocycles. The number of piperidine rings is 1. The molecule has 3 aromatic rings. The van der Waals surface area contributed by atoms with Gasteiger partial charge < -0.3 is 19.3 Å². The third-order valence-corrected chi connectivity index (χ3v) is 7.22. The van der Waals surface area contributed by atoms with Crippen molar-refractivity contribution in [3.63, 3.8) is 0 Å². The summed E-state index contributed by atoms with van der Waals surface area (Å²) in [5.74, 6) is 1.61. The van der Waals surface area contributed by atoms with Crippen molar-refractivity contribution >= 4 is 16.8 Å². The van der Waals surface area contributed by atoms with E-state index in [1.165, 1.54) is 12.1 Å². The second-order valence-electron chi connectivity index (χ2n) is 9.56. The summed E-state index contributed by atoms with van der Waals surface area (Å²) >= 11 is 0. The minimum Gasteiger partial charge on any atom is -0.477 e. The first-order chi connectivity index (χ1) is 17.1. The molecule has 5 rings (SSSR count). The van der Waals surface area contributed by atoms with Crippen LogP contribution in [0.5, 0.6) is 5.88 Å². The van der Waals surface area contributed by atoms with E-state index in [2.05, 4.69) is 31.8 Å². The Morgan fingerprint density at radius 1 is 1.20 bits per heavy atom. The van der Waals surface area contributed by atoms with Crippen molar-refractivity contribution < 1.29 is 18.8 Å². The minimum atomic E-state index is -0.269. The van der Waals surface area contributed by atoms with Crippen molar-refractivity contribution in [1.82, 2.24) is 19.9 Å². The van der Waals surface area contributed by atoms with E-state index < -0.39 is 0 Å². The number of nitrogens with zero attached hydrogens (tertiary/aromatic N) is 5. The van der Waals surface area contributed by atoms with E-state index in [1.807, 2.05) is 18.2 Å². The number of anilines is 1. The maximum atomic E-state index is 13.8. The van der Waals surface area contributed by atoms with E-state index >= 15 is 0 Å². The summed E-state index contributed by atoms with van der Waals surface area (Å²) in [5, 5.41) is 14.2. The molecular weight excluding hydrogens is 449 g/mol.